The van der Waals surface area contributed by atoms with E-state index in [0.29, 0.717) is 25.5 Å². The molecule has 1 saturated heterocycles. The van der Waals surface area contributed by atoms with Gasteiger partial charge >= 0.3 is 6.09 Å². The molecule has 2 rings (SSSR count). The van der Waals surface area contributed by atoms with Crippen molar-refractivity contribution in [3.8, 4) is 0 Å². The highest BCUT2D eigenvalue weighted by molar-refractivity contribution is 5.93. The highest BCUT2D eigenvalue weighted by atomic mass is 19.1. The van der Waals surface area contributed by atoms with Crippen LogP contribution in [0, 0.1) is 17.6 Å². The van der Waals surface area contributed by atoms with E-state index in [9.17, 15) is 18.4 Å². The second kappa shape index (κ2) is 7.20. The summed E-state index contributed by atoms with van der Waals surface area (Å²) >= 11 is 0. The zero-order valence-corrected chi connectivity index (χ0v) is 12.3. The minimum Gasteiger partial charge on any atom is -0.450 e. The van der Waals surface area contributed by atoms with Crippen LogP contribution in [0.2, 0.25) is 0 Å². The Morgan fingerprint density at radius 3 is 2.86 bits per heavy atom. The summed E-state index contributed by atoms with van der Waals surface area (Å²) in [5.41, 5.74) is -0.0698. The van der Waals surface area contributed by atoms with Gasteiger partial charge in [0.2, 0.25) is 5.91 Å². The van der Waals surface area contributed by atoms with Gasteiger partial charge in [-0.15, -0.1) is 0 Å². The van der Waals surface area contributed by atoms with E-state index in [0.717, 1.165) is 6.07 Å². The maximum Gasteiger partial charge on any atom is 0.409 e. The van der Waals surface area contributed by atoms with Gasteiger partial charge in [-0.1, -0.05) is 0 Å². The number of hydrogen-bond donors (Lipinski definition) is 1. The van der Waals surface area contributed by atoms with E-state index < -0.39 is 23.6 Å². The quantitative estimate of drug-likeness (QED) is 0.933. The second-order valence-corrected chi connectivity index (χ2v) is 5.10. The number of anilines is 1. The van der Waals surface area contributed by atoms with Crippen LogP contribution in [0.5, 0.6) is 0 Å². The SMILES string of the molecule is CCOC(=O)N1CCCC(C(=O)Nc2ccc(F)cc2F)C1. The predicted octanol–water partition coefficient (Wildman–Crippen LogP) is 2.77. The molecule has 7 heteroatoms. The number of nitrogens with zero attached hydrogens (tertiary/aromatic N) is 1. The fourth-order valence-electron chi connectivity index (χ4n) is 2.40. The van der Waals surface area contributed by atoms with Gasteiger partial charge in [0, 0.05) is 19.2 Å². The number of piperidine rings is 1. The lowest BCUT2D eigenvalue weighted by molar-refractivity contribution is -0.121. The molecule has 1 aromatic carbocycles. The topological polar surface area (TPSA) is 58.6 Å². The molecule has 0 bridgehead atoms. The van der Waals surface area contributed by atoms with Gasteiger partial charge in [0.05, 0.1) is 18.2 Å². The van der Waals surface area contributed by atoms with Gasteiger partial charge in [-0.3, -0.25) is 4.79 Å². The fraction of sp³-hybridized carbons (Fsp3) is 0.467. The predicted molar refractivity (Wildman–Crippen MR) is 76.3 cm³/mol. The summed E-state index contributed by atoms with van der Waals surface area (Å²) in [6.45, 7) is 2.75. The molecule has 0 saturated carbocycles. The largest absolute Gasteiger partial charge is 0.450 e. The molecular weight excluding hydrogens is 294 g/mol. The second-order valence-electron chi connectivity index (χ2n) is 5.10. The summed E-state index contributed by atoms with van der Waals surface area (Å²) in [4.78, 5) is 25.3. The van der Waals surface area contributed by atoms with Gasteiger partial charge in [0.25, 0.3) is 0 Å². The molecule has 1 atom stereocenters. The highest BCUT2D eigenvalue weighted by Gasteiger charge is 2.29. The summed E-state index contributed by atoms with van der Waals surface area (Å²) in [5, 5.41) is 2.44. The normalized spacial score (nSPS) is 18.0. The number of benzene rings is 1. The molecule has 0 radical (unpaired) electrons. The molecule has 1 N–H and O–H groups in total. The summed E-state index contributed by atoms with van der Waals surface area (Å²) in [7, 11) is 0. The highest BCUT2D eigenvalue weighted by Crippen LogP contribution is 2.21. The monoisotopic (exact) mass is 312 g/mol. The molecule has 0 aromatic heterocycles. The number of ether oxygens (including phenoxy) is 1. The Bertz CT molecular complexity index is 566. The van der Waals surface area contributed by atoms with E-state index in [1.165, 1.54) is 11.0 Å². The maximum atomic E-state index is 13.5. The summed E-state index contributed by atoms with van der Waals surface area (Å²) in [6, 6.07) is 2.96. The van der Waals surface area contributed by atoms with Crippen molar-refractivity contribution in [3.63, 3.8) is 0 Å². The molecule has 1 aliphatic rings. The standard InChI is InChI=1S/C15H18F2N2O3/c1-2-22-15(21)19-7-3-4-10(9-19)14(20)18-13-6-5-11(16)8-12(13)17/h5-6,8,10H,2-4,7,9H2,1H3,(H,18,20). The van der Waals surface area contributed by atoms with Gasteiger partial charge in [-0.05, 0) is 31.9 Å². The third kappa shape index (κ3) is 3.93. The minimum atomic E-state index is -0.827. The van der Waals surface area contributed by atoms with E-state index in [4.69, 9.17) is 4.74 Å². The number of carbonyl (C=O) groups is 2. The Kier molecular flexibility index (Phi) is 5.30. The average Bonchev–Trinajstić information content (AvgIpc) is 2.50. The Balaban J connectivity index is 1.98. The van der Waals surface area contributed by atoms with Crippen LogP contribution < -0.4 is 5.32 Å². The Labute approximate surface area is 127 Å². The number of nitrogens with one attached hydrogen (secondary N) is 1. The van der Waals surface area contributed by atoms with E-state index in [-0.39, 0.29) is 24.7 Å². The zero-order chi connectivity index (χ0) is 16.1. The molecule has 1 aromatic rings. The van der Waals surface area contributed by atoms with Crippen molar-refractivity contribution in [3.05, 3.63) is 29.8 Å². The number of halogens is 2. The number of carbonyl (C=O) groups excluding carboxylic acids is 2. The Morgan fingerprint density at radius 2 is 2.18 bits per heavy atom. The van der Waals surface area contributed by atoms with Crippen LogP contribution in [0.15, 0.2) is 18.2 Å². The molecule has 1 fully saturated rings. The van der Waals surface area contributed by atoms with E-state index in [1.54, 1.807) is 6.92 Å². The third-order valence-electron chi connectivity index (χ3n) is 3.51. The molecule has 5 nitrogen and oxygen atoms in total. The van der Waals surface area contributed by atoms with Crippen molar-refractivity contribution in [2.45, 2.75) is 19.8 Å². The number of hydrogen-bond acceptors (Lipinski definition) is 3. The van der Waals surface area contributed by atoms with Crippen molar-refractivity contribution in [2.24, 2.45) is 5.92 Å². The first-order valence-corrected chi connectivity index (χ1v) is 7.19. The van der Waals surface area contributed by atoms with Crippen LogP contribution in [0.25, 0.3) is 0 Å². The van der Waals surface area contributed by atoms with Crippen LogP contribution in [-0.4, -0.2) is 36.6 Å². The average molecular weight is 312 g/mol. The van der Waals surface area contributed by atoms with Gasteiger partial charge in [0.15, 0.2) is 0 Å². The fourth-order valence-corrected chi connectivity index (χ4v) is 2.40. The first kappa shape index (κ1) is 16.2. The van der Waals surface area contributed by atoms with Crippen molar-refractivity contribution >= 4 is 17.7 Å². The van der Waals surface area contributed by atoms with Gasteiger partial charge in [-0.2, -0.15) is 0 Å². The molecule has 1 heterocycles. The van der Waals surface area contributed by atoms with E-state index >= 15 is 0 Å². The lowest BCUT2D eigenvalue weighted by Gasteiger charge is -2.31. The first-order valence-electron chi connectivity index (χ1n) is 7.19. The van der Waals surface area contributed by atoms with Gasteiger partial charge < -0.3 is 15.0 Å². The van der Waals surface area contributed by atoms with Crippen molar-refractivity contribution < 1.29 is 23.1 Å². The zero-order valence-electron chi connectivity index (χ0n) is 12.3. The van der Waals surface area contributed by atoms with Gasteiger partial charge in [0.1, 0.15) is 11.6 Å². The molecule has 0 spiro atoms. The molecule has 1 aliphatic heterocycles. The van der Waals surface area contributed by atoms with E-state index in [1.807, 2.05) is 0 Å². The minimum absolute atomic E-state index is 0.0698. The number of amides is 2. The van der Waals surface area contributed by atoms with Crippen LogP contribution in [0.1, 0.15) is 19.8 Å². The van der Waals surface area contributed by atoms with Crippen molar-refractivity contribution in [1.29, 1.82) is 0 Å². The van der Waals surface area contributed by atoms with Crippen molar-refractivity contribution in [1.82, 2.24) is 4.90 Å². The summed E-state index contributed by atoms with van der Waals surface area (Å²) < 4.78 is 31.3. The van der Waals surface area contributed by atoms with Gasteiger partial charge in [-0.25, -0.2) is 13.6 Å². The Hall–Kier alpha value is -2.18. The van der Waals surface area contributed by atoms with Crippen LogP contribution in [0.4, 0.5) is 19.3 Å². The number of rotatable bonds is 3. The van der Waals surface area contributed by atoms with Crippen LogP contribution in [-0.2, 0) is 9.53 Å². The smallest absolute Gasteiger partial charge is 0.409 e. The Morgan fingerprint density at radius 1 is 1.41 bits per heavy atom. The summed E-state index contributed by atoms with van der Waals surface area (Å²) in [6.07, 6.45) is 0.820. The van der Waals surface area contributed by atoms with Crippen LogP contribution >= 0.6 is 0 Å². The summed E-state index contributed by atoms with van der Waals surface area (Å²) in [5.74, 6) is -2.37. The first-order chi connectivity index (χ1) is 10.5. The molecule has 120 valence electrons. The molecule has 2 amide bonds. The molecular formula is C15H18F2N2O3. The maximum absolute atomic E-state index is 13.5. The lowest BCUT2D eigenvalue weighted by Crippen LogP contribution is -2.44. The number of likely N-dealkylation sites (tertiary alicyclic amines) is 1. The lowest BCUT2D eigenvalue weighted by atomic mass is 9.97. The van der Waals surface area contributed by atoms with Crippen LogP contribution in [0.3, 0.4) is 0 Å². The van der Waals surface area contributed by atoms with Crippen molar-refractivity contribution in [2.75, 3.05) is 25.0 Å². The third-order valence-corrected chi connectivity index (χ3v) is 3.51. The molecule has 22 heavy (non-hydrogen) atoms. The van der Waals surface area contributed by atoms with E-state index in [2.05, 4.69) is 5.32 Å². The molecule has 1 unspecified atom stereocenters. The molecule has 0 aliphatic carbocycles.